The first-order valence-corrected chi connectivity index (χ1v) is 16.4. The van der Waals surface area contributed by atoms with Crippen LogP contribution < -0.4 is 14.2 Å². The summed E-state index contributed by atoms with van der Waals surface area (Å²) in [6, 6.07) is 24.6. The second kappa shape index (κ2) is 14.8. The molecule has 4 aromatic rings. The predicted molar refractivity (Wildman–Crippen MR) is 182 cm³/mol. The summed E-state index contributed by atoms with van der Waals surface area (Å²) in [5.41, 5.74) is 5.64. The number of fused-ring (bicyclic) bond motifs is 3. The van der Waals surface area contributed by atoms with Crippen molar-refractivity contribution in [2.45, 2.75) is 45.4 Å². The molecule has 6 rings (SSSR count). The second-order valence-corrected chi connectivity index (χ2v) is 12.8. The Morgan fingerprint density at radius 3 is 1.79 bits per heavy atom. The van der Waals surface area contributed by atoms with E-state index in [4.69, 9.17) is 30.3 Å². The van der Waals surface area contributed by atoms with Gasteiger partial charge in [-0.15, -0.1) is 0 Å². The van der Waals surface area contributed by atoms with Crippen LogP contribution in [0, 0.1) is 12.0 Å². The van der Waals surface area contributed by atoms with Crippen LogP contribution in [0.5, 0.6) is 17.2 Å². The molecule has 246 valence electrons. The molecular formula is C40H39NO7. The number of unbranched alkanes of at least 4 members (excludes halogenated alkanes) is 3. The zero-order valence-electron chi connectivity index (χ0n) is 27.3. The number of carbonyl (C=O) groups excluding carboxylic acids is 2. The maximum Gasteiger partial charge on any atom is 0.343 e. The summed E-state index contributed by atoms with van der Waals surface area (Å²) < 4.78 is 28.3. The molecule has 0 N–H and O–H groups in total. The van der Waals surface area contributed by atoms with Crippen LogP contribution in [0.25, 0.3) is 16.0 Å². The van der Waals surface area contributed by atoms with E-state index < -0.39 is 11.9 Å². The number of hydrogen-bond acceptors (Lipinski definition) is 7. The zero-order chi connectivity index (χ0) is 33.5. The van der Waals surface area contributed by atoms with E-state index in [-0.39, 0.29) is 11.3 Å². The van der Waals surface area contributed by atoms with E-state index in [2.05, 4.69) is 18.7 Å². The molecular weight excluding hydrogens is 606 g/mol. The van der Waals surface area contributed by atoms with Crippen LogP contribution in [0.4, 0.5) is 5.69 Å². The van der Waals surface area contributed by atoms with E-state index in [1.807, 2.05) is 24.3 Å². The smallest absolute Gasteiger partial charge is 0.343 e. The molecule has 1 aliphatic heterocycles. The van der Waals surface area contributed by atoms with Crippen LogP contribution in [0.2, 0.25) is 0 Å². The first-order valence-electron chi connectivity index (χ1n) is 16.4. The van der Waals surface area contributed by atoms with Crippen LogP contribution >= 0.6 is 0 Å². The van der Waals surface area contributed by atoms with Crippen LogP contribution in [-0.2, 0) is 9.47 Å². The molecule has 8 nitrogen and oxygen atoms in total. The molecule has 0 amide bonds. The Labute approximate surface area is 281 Å². The highest BCUT2D eigenvalue weighted by Crippen LogP contribution is 2.47. The summed E-state index contributed by atoms with van der Waals surface area (Å²) in [5.74, 6) is 0.706. The highest BCUT2D eigenvalue weighted by molar-refractivity contribution is 5.92. The molecule has 1 atom stereocenters. The highest BCUT2D eigenvalue weighted by Gasteiger charge is 2.33. The molecule has 1 fully saturated rings. The first-order chi connectivity index (χ1) is 23.3. The lowest BCUT2D eigenvalue weighted by molar-refractivity contribution is -0.137. The number of ether oxygens (including phenoxy) is 5. The van der Waals surface area contributed by atoms with Gasteiger partial charge in [-0.2, -0.15) is 0 Å². The third kappa shape index (κ3) is 7.76. The minimum Gasteiger partial charge on any atom is -0.494 e. The molecule has 8 heteroatoms. The van der Waals surface area contributed by atoms with E-state index in [1.165, 1.54) is 0 Å². The molecule has 1 heterocycles. The number of esters is 2. The molecule has 1 saturated heterocycles. The number of hydrogen-bond donors (Lipinski definition) is 0. The average Bonchev–Trinajstić information content (AvgIpc) is 3.37. The Kier molecular flexibility index (Phi) is 10.2. The standard InChI is InChI=1S/C40H39NO7/c1-27-36-22-32(47-38(42)28-8-12-30(41-3)13-9-28)16-18-34(36)35-19-17-33(23-37(27)35)48-39(43)29-10-14-31(15-11-29)46-21-7-5-4-6-20-44-24-40(2)25-45-26-40/h8-19,22-23,27H,4-7,20-21,24-26H2,1-2H3. The Bertz CT molecular complexity index is 1800. The second-order valence-electron chi connectivity index (χ2n) is 12.8. The number of carbonyl (C=O) groups is 2. The third-order valence-corrected chi connectivity index (χ3v) is 8.82. The Morgan fingerprint density at radius 1 is 0.750 bits per heavy atom. The summed E-state index contributed by atoms with van der Waals surface area (Å²) in [4.78, 5) is 29.0. The van der Waals surface area contributed by atoms with E-state index >= 15 is 0 Å². The Hall–Kier alpha value is -4.97. The molecule has 0 spiro atoms. The fourth-order valence-electron chi connectivity index (χ4n) is 5.98. The third-order valence-electron chi connectivity index (χ3n) is 8.82. The van der Waals surface area contributed by atoms with Crippen molar-refractivity contribution in [3.8, 4) is 28.4 Å². The van der Waals surface area contributed by atoms with Gasteiger partial charge >= 0.3 is 11.9 Å². The summed E-state index contributed by atoms with van der Waals surface area (Å²) >= 11 is 0. The van der Waals surface area contributed by atoms with Crippen LogP contribution in [0.1, 0.15) is 77.3 Å². The summed E-state index contributed by atoms with van der Waals surface area (Å²) in [6.45, 7) is 15.1. The van der Waals surface area contributed by atoms with E-state index in [0.29, 0.717) is 34.9 Å². The van der Waals surface area contributed by atoms with Crippen molar-refractivity contribution in [2.24, 2.45) is 5.41 Å². The predicted octanol–water partition coefficient (Wildman–Crippen LogP) is 8.80. The molecule has 4 aromatic carbocycles. The summed E-state index contributed by atoms with van der Waals surface area (Å²) in [5, 5.41) is 0. The van der Waals surface area contributed by atoms with Gasteiger partial charge in [0.15, 0.2) is 5.69 Å². The molecule has 48 heavy (non-hydrogen) atoms. The highest BCUT2D eigenvalue weighted by atomic mass is 16.5. The van der Waals surface area contributed by atoms with Gasteiger partial charge in [0.25, 0.3) is 0 Å². The minimum atomic E-state index is -0.485. The van der Waals surface area contributed by atoms with Gasteiger partial charge in [0.1, 0.15) is 17.2 Å². The van der Waals surface area contributed by atoms with Crippen molar-refractivity contribution < 1.29 is 33.3 Å². The normalized spacial score (nSPS) is 15.4. The quantitative estimate of drug-likeness (QED) is 0.0587. The molecule has 2 aliphatic rings. The Morgan fingerprint density at radius 2 is 1.27 bits per heavy atom. The van der Waals surface area contributed by atoms with E-state index in [9.17, 15) is 9.59 Å². The monoisotopic (exact) mass is 645 g/mol. The number of nitrogens with zero attached hydrogens (tertiary/aromatic N) is 1. The van der Waals surface area contributed by atoms with Gasteiger partial charge in [-0.25, -0.2) is 14.4 Å². The van der Waals surface area contributed by atoms with Gasteiger partial charge in [-0.05, 0) is 90.0 Å². The lowest BCUT2D eigenvalue weighted by atomic mass is 9.90. The fourth-order valence-corrected chi connectivity index (χ4v) is 5.98. The van der Waals surface area contributed by atoms with Crippen LogP contribution in [-0.4, -0.2) is 45.0 Å². The van der Waals surface area contributed by atoms with Crippen molar-refractivity contribution in [2.75, 3.05) is 33.0 Å². The molecule has 0 bridgehead atoms. The Balaban J connectivity index is 0.960. The molecule has 1 unspecified atom stereocenters. The lowest BCUT2D eigenvalue weighted by Gasteiger charge is -2.37. The maximum absolute atomic E-state index is 13.0. The van der Waals surface area contributed by atoms with E-state index in [0.717, 1.165) is 80.1 Å². The molecule has 1 aliphatic carbocycles. The zero-order valence-corrected chi connectivity index (χ0v) is 27.3. The van der Waals surface area contributed by atoms with E-state index in [1.54, 1.807) is 60.7 Å². The van der Waals surface area contributed by atoms with Crippen molar-refractivity contribution in [1.82, 2.24) is 0 Å². The van der Waals surface area contributed by atoms with Gasteiger partial charge in [0, 0.05) is 17.9 Å². The SMILES string of the molecule is [C-]#[N+]c1ccc(C(=O)Oc2ccc3c(c2)C(C)c2cc(OC(=O)c4ccc(OCCCCCCOCC5(C)COC5)cc4)ccc2-3)cc1. The van der Waals surface area contributed by atoms with Gasteiger partial charge < -0.3 is 23.7 Å². The van der Waals surface area contributed by atoms with Gasteiger partial charge in [0.2, 0.25) is 0 Å². The average molecular weight is 646 g/mol. The maximum atomic E-state index is 13.0. The number of rotatable bonds is 14. The summed E-state index contributed by atoms with van der Waals surface area (Å²) in [7, 11) is 0. The summed E-state index contributed by atoms with van der Waals surface area (Å²) in [6.07, 6.45) is 4.19. The molecule has 0 saturated carbocycles. The fraction of sp³-hybridized carbons (Fsp3) is 0.325. The number of benzene rings is 4. The van der Waals surface area contributed by atoms with Crippen molar-refractivity contribution >= 4 is 17.6 Å². The first kappa shape index (κ1) is 33.0. The minimum absolute atomic E-state index is 0.00565. The van der Waals surface area contributed by atoms with Gasteiger partial charge in [-0.1, -0.05) is 56.7 Å². The largest absolute Gasteiger partial charge is 0.494 e. The van der Waals surface area contributed by atoms with Crippen LogP contribution in [0.15, 0.2) is 84.9 Å². The van der Waals surface area contributed by atoms with Gasteiger partial charge in [-0.3, -0.25) is 0 Å². The molecule has 0 aromatic heterocycles. The lowest BCUT2D eigenvalue weighted by Crippen LogP contribution is -2.43. The van der Waals surface area contributed by atoms with Crippen LogP contribution in [0.3, 0.4) is 0 Å². The molecule has 0 radical (unpaired) electrons. The van der Waals surface area contributed by atoms with Gasteiger partial charge in [0.05, 0.1) is 44.1 Å². The van der Waals surface area contributed by atoms with Crippen molar-refractivity contribution in [3.63, 3.8) is 0 Å². The van der Waals surface area contributed by atoms with Crippen molar-refractivity contribution in [1.29, 1.82) is 0 Å². The topological polar surface area (TPSA) is 84.7 Å². The van der Waals surface area contributed by atoms with Crippen molar-refractivity contribution in [3.05, 3.63) is 119 Å².